The molecular formula is C19H19N5O6S2. The number of amides is 2. The molecule has 11 nitrogen and oxygen atoms in total. The average molecular weight is 478 g/mol. The summed E-state index contributed by atoms with van der Waals surface area (Å²) in [5.41, 5.74) is 6.66. The van der Waals surface area contributed by atoms with Gasteiger partial charge in [0.25, 0.3) is 11.8 Å². The Morgan fingerprint density at radius 3 is 2.66 bits per heavy atom. The van der Waals surface area contributed by atoms with Gasteiger partial charge in [-0.05, 0) is 32.1 Å². The molecule has 2 saturated heterocycles. The number of nitrogen functional groups attached to an aromatic ring is 1. The summed E-state index contributed by atoms with van der Waals surface area (Å²) < 4.78 is 24.1. The number of pyridine rings is 1. The van der Waals surface area contributed by atoms with Crippen molar-refractivity contribution >= 4 is 50.2 Å². The van der Waals surface area contributed by atoms with Crippen LogP contribution in [0.3, 0.4) is 0 Å². The quantitative estimate of drug-likeness (QED) is 0.403. The van der Waals surface area contributed by atoms with Crippen molar-refractivity contribution in [1.29, 1.82) is 0 Å². The normalized spacial score (nSPS) is 24.1. The highest BCUT2D eigenvalue weighted by Crippen LogP contribution is 2.48. The number of carboxylic acid groups (broad SMARTS) is 1. The van der Waals surface area contributed by atoms with Gasteiger partial charge in [-0.1, -0.05) is 0 Å². The maximum atomic E-state index is 12.9. The van der Waals surface area contributed by atoms with E-state index in [0.29, 0.717) is 10.8 Å². The van der Waals surface area contributed by atoms with Gasteiger partial charge in [0.15, 0.2) is 26.4 Å². The van der Waals surface area contributed by atoms with Crippen molar-refractivity contribution in [3.63, 3.8) is 0 Å². The van der Waals surface area contributed by atoms with E-state index in [1.54, 1.807) is 5.38 Å². The lowest BCUT2D eigenvalue weighted by molar-refractivity contribution is -0.152. The number of β-lactam (4-membered cyclic amide) rings is 1. The van der Waals surface area contributed by atoms with Crippen LogP contribution in [0, 0.1) is 0 Å². The highest BCUT2D eigenvalue weighted by atomic mass is 32.2. The molecule has 13 heteroatoms. The lowest BCUT2D eigenvalue weighted by atomic mass is 9.95. The number of carbonyl (C=O) groups is 3. The number of nitrogens with one attached hydrogen (secondary N) is 1. The van der Waals surface area contributed by atoms with Crippen molar-refractivity contribution in [3.05, 3.63) is 46.2 Å². The molecule has 0 radical (unpaired) electrons. The maximum Gasteiger partial charge on any atom is 0.328 e. The summed E-state index contributed by atoms with van der Waals surface area (Å²) >= 11 is 1.27. The second-order valence-corrected chi connectivity index (χ2v) is 11.4. The number of hydrogen-bond donors (Lipinski definition) is 3. The van der Waals surface area contributed by atoms with Gasteiger partial charge in [-0.25, -0.2) is 18.2 Å². The van der Waals surface area contributed by atoms with Crippen LogP contribution < -0.4 is 11.1 Å². The molecule has 2 aromatic heterocycles. The molecule has 0 aromatic carbocycles. The zero-order chi connectivity index (χ0) is 23.4. The minimum atomic E-state index is -3.97. The van der Waals surface area contributed by atoms with E-state index >= 15 is 0 Å². The number of nitrogens with two attached hydrogens (primary N) is 1. The molecule has 0 bridgehead atoms. The standard InChI is InChI=1S/C19H19N5O6S2/c1-19(2)13(17(27)28)24-15(26)12(16(24)32(19,29)30)5-10-4-3-9(6-21-10)14(25)22-7-11-8-31-18(20)23-11/h3-6,8,13,16H,7H2,1-2H3,(H2,20,23)(H,22,25)(H,27,28)/t13-,16+/m0/s1. The Labute approximate surface area is 186 Å². The lowest BCUT2D eigenvalue weighted by Gasteiger charge is -2.37. The van der Waals surface area contributed by atoms with Gasteiger partial charge in [-0.2, -0.15) is 0 Å². The van der Waals surface area contributed by atoms with Crippen LogP contribution >= 0.6 is 11.3 Å². The van der Waals surface area contributed by atoms with Crippen LogP contribution in [-0.2, 0) is 26.0 Å². The summed E-state index contributed by atoms with van der Waals surface area (Å²) in [6.45, 7) is 2.80. The average Bonchev–Trinajstić information content (AvgIpc) is 3.20. The van der Waals surface area contributed by atoms with Gasteiger partial charge in [0.2, 0.25) is 0 Å². The number of hydrogen-bond acceptors (Lipinski definition) is 9. The fraction of sp³-hybridized carbons (Fsp3) is 0.316. The largest absolute Gasteiger partial charge is 0.480 e. The lowest BCUT2D eigenvalue weighted by Crippen LogP contribution is -2.58. The van der Waals surface area contributed by atoms with Crippen LogP contribution in [0.2, 0.25) is 0 Å². The summed E-state index contributed by atoms with van der Waals surface area (Å²) in [6, 6.07) is 1.49. The summed E-state index contributed by atoms with van der Waals surface area (Å²) in [5.74, 6) is -2.43. The molecule has 2 aliphatic heterocycles. The van der Waals surface area contributed by atoms with Crippen molar-refractivity contribution in [2.75, 3.05) is 5.73 Å². The third-order valence-corrected chi connectivity index (χ3v) is 9.03. The maximum absolute atomic E-state index is 12.9. The molecule has 0 unspecified atom stereocenters. The van der Waals surface area contributed by atoms with Crippen molar-refractivity contribution < 1.29 is 27.9 Å². The highest BCUT2D eigenvalue weighted by Gasteiger charge is 2.70. The Kier molecular flexibility index (Phi) is 5.05. The Balaban J connectivity index is 1.52. The van der Waals surface area contributed by atoms with Gasteiger partial charge in [-0.3, -0.25) is 14.6 Å². The van der Waals surface area contributed by atoms with Crippen molar-refractivity contribution in [2.24, 2.45) is 0 Å². The monoisotopic (exact) mass is 477 g/mol. The summed E-state index contributed by atoms with van der Waals surface area (Å²) in [5, 5.41) is 12.9. The number of carboxylic acids is 1. The first-order chi connectivity index (χ1) is 14.9. The minimum Gasteiger partial charge on any atom is -0.480 e. The number of sulfone groups is 1. The molecule has 2 amide bonds. The van der Waals surface area contributed by atoms with Crippen molar-refractivity contribution in [3.8, 4) is 0 Å². The van der Waals surface area contributed by atoms with E-state index < -0.39 is 43.8 Å². The highest BCUT2D eigenvalue weighted by molar-refractivity contribution is 7.94. The zero-order valence-corrected chi connectivity index (χ0v) is 18.6. The van der Waals surface area contributed by atoms with E-state index in [-0.39, 0.29) is 23.4 Å². The van der Waals surface area contributed by atoms with Gasteiger partial charge in [0.05, 0.1) is 29.1 Å². The summed E-state index contributed by atoms with van der Waals surface area (Å²) in [4.78, 5) is 45.5. The number of carbonyl (C=O) groups excluding carboxylic acids is 2. The molecule has 32 heavy (non-hydrogen) atoms. The summed E-state index contributed by atoms with van der Waals surface area (Å²) in [7, 11) is -3.97. The number of fused-ring (bicyclic) bond motifs is 1. The smallest absolute Gasteiger partial charge is 0.328 e. The first kappa shape index (κ1) is 21.9. The van der Waals surface area contributed by atoms with Crippen LogP contribution in [-0.4, -0.2) is 62.3 Å². The number of aliphatic carboxylic acids is 1. The number of aromatic nitrogens is 2. The molecule has 168 valence electrons. The minimum absolute atomic E-state index is 0.0485. The van der Waals surface area contributed by atoms with Crippen molar-refractivity contribution in [2.45, 2.75) is 36.6 Å². The molecule has 4 rings (SSSR count). The zero-order valence-electron chi connectivity index (χ0n) is 17.0. The van der Waals surface area contributed by atoms with Crippen LogP contribution in [0.25, 0.3) is 6.08 Å². The SMILES string of the molecule is CC1(C)[C@H](C(=O)O)N2C(=O)C(=Cc3ccc(C(=O)NCc4csc(N)n4)cn3)[C@H]2S1(=O)=O. The molecule has 0 saturated carbocycles. The van der Waals surface area contributed by atoms with Crippen molar-refractivity contribution in [1.82, 2.24) is 20.2 Å². The van der Waals surface area contributed by atoms with E-state index in [9.17, 15) is 27.9 Å². The fourth-order valence-electron chi connectivity index (χ4n) is 3.80. The Morgan fingerprint density at radius 2 is 2.09 bits per heavy atom. The van der Waals surface area contributed by atoms with Crippen LogP contribution in [0.4, 0.5) is 5.13 Å². The predicted molar refractivity (Wildman–Crippen MR) is 115 cm³/mol. The Bertz CT molecular complexity index is 1270. The number of anilines is 1. The van der Waals surface area contributed by atoms with Gasteiger partial charge < -0.3 is 21.1 Å². The van der Waals surface area contributed by atoms with Gasteiger partial charge in [0.1, 0.15) is 4.75 Å². The van der Waals surface area contributed by atoms with E-state index in [1.807, 2.05) is 0 Å². The molecule has 4 heterocycles. The first-order valence-electron chi connectivity index (χ1n) is 9.40. The molecule has 0 aliphatic carbocycles. The Morgan fingerprint density at radius 1 is 1.38 bits per heavy atom. The van der Waals surface area contributed by atoms with E-state index in [1.165, 1.54) is 49.6 Å². The first-order valence-corrected chi connectivity index (χ1v) is 11.8. The number of thiazole rings is 1. The third-order valence-electron chi connectivity index (χ3n) is 5.55. The topological polar surface area (TPSA) is 173 Å². The third kappa shape index (κ3) is 3.24. The molecule has 4 N–H and O–H groups in total. The van der Waals surface area contributed by atoms with Crippen LogP contribution in [0.15, 0.2) is 29.3 Å². The van der Waals surface area contributed by atoms with Gasteiger partial charge >= 0.3 is 5.97 Å². The van der Waals surface area contributed by atoms with Crippen LogP contribution in [0.1, 0.15) is 35.6 Å². The van der Waals surface area contributed by atoms with Gasteiger partial charge in [0, 0.05) is 11.6 Å². The fourth-order valence-corrected chi connectivity index (χ4v) is 6.49. The van der Waals surface area contributed by atoms with E-state index in [4.69, 9.17) is 5.73 Å². The molecule has 0 spiro atoms. The van der Waals surface area contributed by atoms with E-state index in [0.717, 1.165) is 4.90 Å². The molecule has 2 aliphatic rings. The Hall–Kier alpha value is -3.32. The predicted octanol–water partition coefficient (Wildman–Crippen LogP) is 0.262. The molecular weight excluding hydrogens is 458 g/mol. The second kappa shape index (κ2) is 7.38. The second-order valence-electron chi connectivity index (χ2n) is 7.89. The molecule has 2 fully saturated rings. The van der Waals surface area contributed by atoms with E-state index in [2.05, 4.69) is 15.3 Å². The summed E-state index contributed by atoms with van der Waals surface area (Å²) in [6.07, 6.45) is 2.60. The van der Waals surface area contributed by atoms with Crippen LogP contribution in [0.5, 0.6) is 0 Å². The number of nitrogens with zero attached hydrogens (tertiary/aromatic N) is 3. The number of rotatable bonds is 5. The molecule has 2 aromatic rings. The molecule has 2 atom stereocenters. The van der Waals surface area contributed by atoms with Gasteiger partial charge in [-0.15, -0.1) is 11.3 Å².